The molecule has 0 radical (unpaired) electrons. The summed E-state index contributed by atoms with van der Waals surface area (Å²) in [6.45, 7) is 11.1. The highest BCUT2D eigenvalue weighted by atomic mass is 16.6. The first kappa shape index (κ1) is 26.9. The zero-order valence-electron chi connectivity index (χ0n) is 22.2. The maximum absolute atomic E-state index is 12.5. The first-order chi connectivity index (χ1) is 16.1. The van der Waals surface area contributed by atoms with Crippen LogP contribution in [0.4, 0.5) is 0 Å². The summed E-state index contributed by atoms with van der Waals surface area (Å²) in [6.07, 6.45) is 9.25. The Balaban J connectivity index is 1.42. The number of esters is 1. The number of hydrogen-bond donors (Lipinski definition) is 2. The molecule has 2 atom stereocenters. The van der Waals surface area contributed by atoms with Crippen molar-refractivity contribution in [3.63, 3.8) is 0 Å². The second-order valence-electron chi connectivity index (χ2n) is 11.8. The normalized spacial score (nSPS) is 25.8. The van der Waals surface area contributed by atoms with E-state index in [1.807, 2.05) is 34.6 Å². The molecule has 0 spiro atoms. The number of hydrogen-bond acceptors (Lipinski definition) is 5. The molecule has 1 aromatic carbocycles. The number of benzene rings is 1. The molecule has 5 heteroatoms. The van der Waals surface area contributed by atoms with Crippen molar-refractivity contribution in [1.82, 2.24) is 10.6 Å². The lowest BCUT2D eigenvalue weighted by molar-refractivity contribution is -0.165. The van der Waals surface area contributed by atoms with Crippen LogP contribution >= 0.6 is 0 Å². The van der Waals surface area contributed by atoms with Gasteiger partial charge in [0.05, 0.1) is 5.41 Å². The molecule has 5 nitrogen and oxygen atoms in total. The van der Waals surface area contributed by atoms with Crippen LogP contribution in [0.25, 0.3) is 6.08 Å². The van der Waals surface area contributed by atoms with Crippen LogP contribution in [0.15, 0.2) is 35.9 Å². The molecule has 0 aromatic heterocycles. The third-order valence-electron chi connectivity index (χ3n) is 6.97. The smallest absolute Gasteiger partial charge is 0.313 e. The van der Waals surface area contributed by atoms with Crippen LogP contribution in [0.1, 0.15) is 78.7 Å². The van der Waals surface area contributed by atoms with Crippen molar-refractivity contribution in [2.75, 3.05) is 20.3 Å². The molecular weight excluding hydrogens is 424 g/mol. The third-order valence-corrected chi connectivity index (χ3v) is 6.97. The van der Waals surface area contributed by atoms with Crippen molar-refractivity contribution in [2.45, 2.75) is 96.9 Å². The lowest BCUT2D eigenvalue weighted by Crippen LogP contribution is -2.46. The van der Waals surface area contributed by atoms with Gasteiger partial charge in [0.25, 0.3) is 0 Å². The molecule has 0 bridgehead atoms. The Kier molecular flexibility index (Phi) is 9.36. The van der Waals surface area contributed by atoms with Crippen molar-refractivity contribution in [1.29, 1.82) is 0 Å². The Labute approximate surface area is 207 Å². The van der Waals surface area contributed by atoms with E-state index in [9.17, 15) is 4.79 Å². The molecule has 0 aliphatic heterocycles. The van der Waals surface area contributed by atoms with Gasteiger partial charge in [-0.15, -0.1) is 0 Å². The minimum Gasteiger partial charge on any atom is -0.460 e. The predicted molar refractivity (Wildman–Crippen MR) is 140 cm³/mol. The summed E-state index contributed by atoms with van der Waals surface area (Å²) in [5.41, 5.74) is 1.82. The number of nitrogens with one attached hydrogen (secondary N) is 2. The van der Waals surface area contributed by atoms with E-state index in [1.165, 1.54) is 30.4 Å². The monoisotopic (exact) mass is 470 g/mol. The maximum atomic E-state index is 12.5. The summed E-state index contributed by atoms with van der Waals surface area (Å²) in [7, 11) is 1.78. The molecule has 2 aliphatic rings. The molecular formula is C29H46N2O3. The standard InChI is InChI=1S/C29H46N2O3/c1-28(2,3)34-27(32)29(4,5)20-30-23-12-14-24(15-13-23)31-26-19-25(26)22(16-17-33-6)18-21-10-8-7-9-11-21/h7-11,18,23-26,30-31H,12-17,19-20H2,1-6H3/b22-18+. The molecule has 0 saturated heterocycles. The van der Waals surface area contributed by atoms with Crippen molar-refractivity contribution >= 4 is 12.0 Å². The molecule has 2 aliphatic carbocycles. The highest BCUT2D eigenvalue weighted by Crippen LogP contribution is 2.41. The van der Waals surface area contributed by atoms with E-state index in [4.69, 9.17) is 9.47 Å². The molecule has 3 rings (SSSR count). The second-order valence-corrected chi connectivity index (χ2v) is 11.8. The predicted octanol–water partition coefficient (Wildman–Crippen LogP) is 5.35. The first-order valence-corrected chi connectivity index (χ1v) is 13.0. The second kappa shape index (κ2) is 11.8. The van der Waals surface area contributed by atoms with Crippen LogP contribution in [0.3, 0.4) is 0 Å². The fourth-order valence-corrected chi connectivity index (χ4v) is 4.79. The molecule has 190 valence electrons. The lowest BCUT2D eigenvalue weighted by atomic mass is 9.88. The highest BCUT2D eigenvalue weighted by Gasteiger charge is 2.41. The average molecular weight is 471 g/mol. The van der Waals surface area contributed by atoms with E-state index in [0.29, 0.717) is 30.6 Å². The van der Waals surface area contributed by atoms with Crippen molar-refractivity contribution < 1.29 is 14.3 Å². The van der Waals surface area contributed by atoms with Crippen LogP contribution in [0.5, 0.6) is 0 Å². The topological polar surface area (TPSA) is 59.6 Å². The quantitative estimate of drug-likeness (QED) is 0.427. The highest BCUT2D eigenvalue weighted by molar-refractivity contribution is 5.76. The Hall–Kier alpha value is -1.69. The Morgan fingerprint density at radius 2 is 1.68 bits per heavy atom. The van der Waals surface area contributed by atoms with Gasteiger partial charge in [-0.05, 0) is 84.6 Å². The van der Waals surface area contributed by atoms with Gasteiger partial charge in [0.15, 0.2) is 0 Å². The Morgan fingerprint density at radius 3 is 2.29 bits per heavy atom. The largest absolute Gasteiger partial charge is 0.460 e. The number of carbonyl (C=O) groups is 1. The van der Waals surface area contributed by atoms with Crippen LogP contribution in [0.2, 0.25) is 0 Å². The minimum atomic E-state index is -0.521. The minimum absolute atomic E-state index is 0.129. The fraction of sp³-hybridized carbons (Fsp3) is 0.690. The molecule has 34 heavy (non-hydrogen) atoms. The fourth-order valence-electron chi connectivity index (χ4n) is 4.79. The number of ether oxygens (including phenoxy) is 2. The number of carbonyl (C=O) groups excluding carboxylic acids is 1. The average Bonchev–Trinajstić information content (AvgIpc) is 3.54. The zero-order valence-corrected chi connectivity index (χ0v) is 22.2. The van der Waals surface area contributed by atoms with Crippen molar-refractivity contribution in [3.05, 3.63) is 41.5 Å². The summed E-state index contributed by atoms with van der Waals surface area (Å²) in [5, 5.41) is 7.58. The lowest BCUT2D eigenvalue weighted by Gasteiger charge is -2.33. The SMILES string of the molecule is COCC/C(=C\c1ccccc1)C1CC1NC1CCC(NCC(C)(C)C(=O)OC(C)(C)C)CC1. The van der Waals surface area contributed by atoms with E-state index in [1.54, 1.807) is 7.11 Å². The van der Waals surface area contributed by atoms with Gasteiger partial charge in [0.1, 0.15) is 5.60 Å². The van der Waals surface area contributed by atoms with E-state index >= 15 is 0 Å². The van der Waals surface area contributed by atoms with Gasteiger partial charge in [0.2, 0.25) is 0 Å². The van der Waals surface area contributed by atoms with Crippen LogP contribution in [0, 0.1) is 11.3 Å². The molecule has 2 N–H and O–H groups in total. The van der Waals surface area contributed by atoms with E-state index in [0.717, 1.165) is 25.9 Å². The Bertz CT molecular complexity index is 804. The summed E-state index contributed by atoms with van der Waals surface area (Å²) in [6, 6.07) is 12.3. The summed E-state index contributed by atoms with van der Waals surface area (Å²) < 4.78 is 11.0. The van der Waals surface area contributed by atoms with Gasteiger partial charge < -0.3 is 20.1 Å². The molecule has 0 amide bonds. The first-order valence-electron chi connectivity index (χ1n) is 13.0. The number of rotatable bonds is 11. The van der Waals surface area contributed by atoms with Crippen LogP contribution < -0.4 is 10.6 Å². The summed E-state index contributed by atoms with van der Waals surface area (Å²) in [5.74, 6) is 0.497. The Morgan fingerprint density at radius 1 is 1.03 bits per heavy atom. The van der Waals surface area contributed by atoms with Crippen LogP contribution in [-0.4, -0.2) is 50.0 Å². The van der Waals surface area contributed by atoms with Gasteiger partial charge in [-0.1, -0.05) is 42.0 Å². The van der Waals surface area contributed by atoms with Gasteiger partial charge in [-0.3, -0.25) is 4.79 Å². The van der Waals surface area contributed by atoms with Crippen LogP contribution in [-0.2, 0) is 14.3 Å². The van der Waals surface area contributed by atoms with Gasteiger partial charge in [0, 0.05) is 38.4 Å². The van der Waals surface area contributed by atoms with Gasteiger partial charge in [-0.25, -0.2) is 0 Å². The van der Waals surface area contributed by atoms with E-state index in [-0.39, 0.29) is 5.97 Å². The van der Waals surface area contributed by atoms with Crippen molar-refractivity contribution in [3.8, 4) is 0 Å². The zero-order chi connectivity index (χ0) is 24.8. The molecule has 2 saturated carbocycles. The van der Waals surface area contributed by atoms with Gasteiger partial charge in [-0.2, -0.15) is 0 Å². The molecule has 1 aromatic rings. The molecule has 2 fully saturated rings. The van der Waals surface area contributed by atoms with Gasteiger partial charge >= 0.3 is 5.97 Å². The van der Waals surface area contributed by atoms with E-state index in [2.05, 4.69) is 47.0 Å². The molecule has 2 unspecified atom stereocenters. The third kappa shape index (κ3) is 8.51. The summed E-state index contributed by atoms with van der Waals surface area (Å²) >= 11 is 0. The number of methoxy groups -OCH3 is 1. The molecule has 0 heterocycles. The van der Waals surface area contributed by atoms with E-state index < -0.39 is 11.0 Å². The summed E-state index contributed by atoms with van der Waals surface area (Å²) in [4.78, 5) is 12.5. The van der Waals surface area contributed by atoms with Crippen molar-refractivity contribution in [2.24, 2.45) is 11.3 Å². The maximum Gasteiger partial charge on any atom is 0.313 e.